The molecule has 0 radical (unpaired) electrons. The molecule has 37 heavy (non-hydrogen) atoms. The molecular formula is C28H36N2O7. The molecule has 9 heteroatoms. The van der Waals surface area contributed by atoms with Crippen LogP contribution in [0.4, 0.5) is 9.59 Å². The molecule has 1 heterocycles. The van der Waals surface area contributed by atoms with Crippen LogP contribution in [-0.2, 0) is 32.0 Å². The van der Waals surface area contributed by atoms with Crippen LogP contribution in [-0.4, -0.2) is 58.6 Å². The number of nitrogens with zero attached hydrogens (tertiary/aromatic N) is 1. The van der Waals surface area contributed by atoms with E-state index in [9.17, 15) is 19.5 Å². The van der Waals surface area contributed by atoms with Gasteiger partial charge in [-0.2, -0.15) is 0 Å². The molecule has 0 bridgehead atoms. The number of cyclic esters (lactones) is 1. The average Bonchev–Trinajstić information content (AvgIpc) is 3.19. The number of alkyl carbamates (subject to hydrolysis) is 1. The Morgan fingerprint density at radius 3 is 2.43 bits per heavy atom. The van der Waals surface area contributed by atoms with Gasteiger partial charge in [0.2, 0.25) is 0 Å². The summed E-state index contributed by atoms with van der Waals surface area (Å²) in [6, 6.07) is 15.8. The van der Waals surface area contributed by atoms with Crippen LogP contribution in [0.2, 0.25) is 0 Å². The van der Waals surface area contributed by atoms with Gasteiger partial charge in [-0.3, -0.25) is 4.79 Å². The summed E-state index contributed by atoms with van der Waals surface area (Å²) in [5.41, 5.74) is 1.44. The normalized spacial score (nSPS) is 17.3. The Morgan fingerprint density at radius 2 is 1.78 bits per heavy atom. The van der Waals surface area contributed by atoms with Crippen LogP contribution >= 0.6 is 0 Å². The van der Waals surface area contributed by atoms with Crippen LogP contribution in [0, 0.1) is 0 Å². The molecule has 3 amide bonds. The van der Waals surface area contributed by atoms with Crippen molar-refractivity contribution in [3.05, 3.63) is 71.3 Å². The molecule has 0 aromatic heterocycles. The second kappa shape index (κ2) is 12.2. The zero-order chi connectivity index (χ0) is 27.2. The minimum atomic E-state index is -1.36. The van der Waals surface area contributed by atoms with Gasteiger partial charge in [0, 0.05) is 6.54 Å². The Kier molecular flexibility index (Phi) is 9.29. The van der Waals surface area contributed by atoms with Crippen LogP contribution in [0.15, 0.2) is 54.6 Å². The van der Waals surface area contributed by atoms with Gasteiger partial charge in [0.15, 0.2) is 6.10 Å². The van der Waals surface area contributed by atoms with Crippen LogP contribution in [0.1, 0.15) is 57.4 Å². The van der Waals surface area contributed by atoms with Gasteiger partial charge in [-0.15, -0.1) is 0 Å². The van der Waals surface area contributed by atoms with E-state index in [4.69, 9.17) is 14.2 Å². The molecule has 3 atom stereocenters. The van der Waals surface area contributed by atoms with Crippen molar-refractivity contribution in [2.24, 2.45) is 0 Å². The smallest absolute Gasteiger partial charge is 0.417 e. The quantitative estimate of drug-likeness (QED) is 0.519. The third-order valence-electron chi connectivity index (χ3n) is 5.59. The monoisotopic (exact) mass is 512 g/mol. The fraction of sp³-hybridized carbons (Fsp3) is 0.464. The molecule has 9 nitrogen and oxygen atoms in total. The maximum Gasteiger partial charge on any atom is 0.417 e. The Bertz CT molecular complexity index is 1080. The fourth-order valence-electron chi connectivity index (χ4n) is 4.02. The fourth-order valence-corrected chi connectivity index (χ4v) is 4.02. The Morgan fingerprint density at radius 1 is 1.11 bits per heavy atom. The van der Waals surface area contributed by atoms with Crippen LogP contribution in [0.5, 0.6) is 0 Å². The first-order valence-electron chi connectivity index (χ1n) is 12.4. The summed E-state index contributed by atoms with van der Waals surface area (Å²) >= 11 is 0. The maximum absolute atomic E-state index is 13.6. The average molecular weight is 513 g/mol. The number of aliphatic hydroxyl groups is 1. The zero-order valence-corrected chi connectivity index (χ0v) is 22.0. The molecule has 2 aromatic rings. The number of amides is 3. The summed E-state index contributed by atoms with van der Waals surface area (Å²) in [6.07, 6.45) is -3.99. The SMILES string of the molecule is CC(C)O[C@@H](C(=O)N1C(=O)OC[C@@H]1Cc1ccccc1)[C@H](O)c1cccc(CNC(=O)OC(C)(C)C)c1. The van der Waals surface area contributed by atoms with E-state index >= 15 is 0 Å². The molecule has 1 aliphatic rings. The van der Waals surface area contributed by atoms with Gasteiger partial charge >= 0.3 is 12.2 Å². The number of carbonyl (C=O) groups is 3. The van der Waals surface area contributed by atoms with Crippen LogP contribution in [0.3, 0.4) is 0 Å². The first-order chi connectivity index (χ1) is 17.4. The van der Waals surface area contributed by atoms with Gasteiger partial charge in [-0.25, -0.2) is 14.5 Å². The summed E-state index contributed by atoms with van der Waals surface area (Å²) < 4.78 is 16.3. The molecule has 0 aliphatic carbocycles. The number of aliphatic hydroxyl groups excluding tert-OH is 1. The molecule has 1 saturated heterocycles. The minimum absolute atomic E-state index is 0.0653. The highest BCUT2D eigenvalue weighted by atomic mass is 16.6. The van der Waals surface area contributed by atoms with Crippen molar-refractivity contribution in [3.8, 4) is 0 Å². The number of hydrogen-bond acceptors (Lipinski definition) is 7. The molecule has 200 valence electrons. The van der Waals surface area contributed by atoms with Crippen molar-refractivity contribution in [2.75, 3.05) is 6.61 Å². The summed E-state index contributed by atoms with van der Waals surface area (Å²) in [4.78, 5) is 39.2. The highest BCUT2D eigenvalue weighted by Gasteiger charge is 2.44. The van der Waals surface area contributed by atoms with Crippen molar-refractivity contribution < 1.29 is 33.7 Å². The van der Waals surface area contributed by atoms with Crippen LogP contribution in [0.25, 0.3) is 0 Å². The second-order valence-electron chi connectivity index (χ2n) is 10.3. The zero-order valence-electron chi connectivity index (χ0n) is 22.0. The molecule has 2 aromatic carbocycles. The molecule has 1 aliphatic heterocycles. The standard InChI is InChI=1S/C28H36N2O7/c1-18(2)36-24(25(32)30-22(17-35-27(30)34)15-19-10-7-6-8-11-19)23(31)21-13-9-12-20(14-21)16-29-26(33)37-28(3,4)5/h6-14,18,22-24,31H,15-17H2,1-5H3,(H,29,33)/t22-,23+,24+/m0/s1. The lowest BCUT2D eigenvalue weighted by Crippen LogP contribution is -2.49. The van der Waals surface area contributed by atoms with E-state index in [1.54, 1.807) is 58.9 Å². The Hall–Kier alpha value is -3.43. The topological polar surface area (TPSA) is 114 Å². The number of ether oxygens (including phenoxy) is 3. The lowest BCUT2D eigenvalue weighted by molar-refractivity contribution is -0.154. The van der Waals surface area contributed by atoms with Gasteiger partial charge in [-0.05, 0) is 57.7 Å². The Labute approximate surface area is 217 Å². The lowest BCUT2D eigenvalue weighted by Gasteiger charge is -2.29. The number of hydrogen-bond donors (Lipinski definition) is 2. The van der Waals surface area contributed by atoms with Gasteiger partial charge < -0.3 is 24.6 Å². The molecule has 1 fully saturated rings. The summed E-state index contributed by atoms with van der Waals surface area (Å²) in [7, 11) is 0. The van der Waals surface area contributed by atoms with Gasteiger partial charge in [0.1, 0.15) is 18.3 Å². The van der Waals surface area contributed by atoms with E-state index in [0.29, 0.717) is 17.5 Å². The third-order valence-corrected chi connectivity index (χ3v) is 5.59. The lowest BCUT2D eigenvalue weighted by atomic mass is 9.99. The Balaban J connectivity index is 1.77. The van der Waals surface area contributed by atoms with Crippen molar-refractivity contribution in [3.63, 3.8) is 0 Å². The largest absolute Gasteiger partial charge is 0.447 e. The van der Waals surface area contributed by atoms with E-state index in [1.807, 2.05) is 30.3 Å². The van der Waals surface area contributed by atoms with Crippen molar-refractivity contribution in [2.45, 2.75) is 77.5 Å². The summed E-state index contributed by atoms with van der Waals surface area (Å²) in [6.45, 7) is 9.05. The summed E-state index contributed by atoms with van der Waals surface area (Å²) in [5.74, 6) is -0.665. The van der Waals surface area contributed by atoms with E-state index in [-0.39, 0.29) is 13.2 Å². The van der Waals surface area contributed by atoms with Crippen molar-refractivity contribution >= 4 is 18.1 Å². The first-order valence-corrected chi connectivity index (χ1v) is 12.4. The number of rotatable bonds is 9. The number of imide groups is 1. The van der Waals surface area contributed by atoms with Gasteiger partial charge in [0.05, 0.1) is 12.1 Å². The molecular weight excluding hydrogens is 476 g/mol. The number of nitrogens with one attached hydrogen (secondary N) is 1. The minimum Gasteiger partial charge on any atom is -0.447 e. The van der Waals surface area contributed by atoms with E-state index in [2.05, 4.69) is 5.32 Å². The van der Waals surface area contributed by atoms with Crippen molar-refractivity contribution in [1.82, 2.24) is 10.2 Å². The number of benzene rings is 2. The molecule has 0 saturated carbocycles. The number of carbonyl (C=O) groups excluding carboxylic acids is 3. The predicted octanol–water partition coefficient (Wildman–Crippen LogP) is 4.13. The summed E-state index contributed by atoms with van der Waals surface area (Å²) in [5, 5.41) is 13.9. The molecule has 0 spiro atoms. The second-order valence-corrected chi connectivity index (χ2v) is 10.3. The highest BCUT2D eigenvalue weighted by molar-refractivity contribution is 5.96. The predicted molar refractivity (Wildman–Crippen MR) is 137 cm³/mol. The highest BCUT2D eigenvalue weighted by Crippen LogP contribution is 2.27. The van der Waals surface area contributed by atoms with E-state index in [1.165, 1.54) is 0 Å². The van der Waals surface area contributed by atoms with E-state index in [0.717, 1.165) is 10.5 Å². The first kappa shape index (κ1) is 28.1. The van der Waals surface area contributed by atoms with E-state index < -0.39 is 48.0 Å². The van der Waals surface area contributed by atoms with Gasteiger partial charge in [0.25, 0.3) is 5.91 Å². The van der Waals surface area contributed by atoms with Crippen molar-refractivity contribution in [1.29, 1.82) is 0 Å². The molecule has 0 unspecified atom stereocenters. The molecule has 2 N–H and O–H groups in total. The molecule has 3 rings (SSSR count). The van der Waals surface area contributed by atoms with Gasteiger partial charge in [-0.1, -0.05) is 54.6 Å². The maximum atomic E-state index is 13.6. The third kappa shape index (κ3) is 8.03. The van der Waals surface area contributed by atoms with Crippen LogP contribution < -0.4 is 5.32 Å².